The summed E-state index contributed by atoms with van der Waals surface area (Å²) in [6, 6.07) is 20.2. The van der Waals surface area contributed by atoms with E-state index in [0.29, 0.717) is 13.1 Å². The summed E-state index contributed by atoms with van der Waals surface area (Å²) in [6.45, 7) is 7.29. The minimum Gasteiger partial charge on any atom is -0.293 e. The topological polar surface area (TPSA) is 39.8 Å². The number of aryl methyl sites for hydroxylation is 1. The highest BCUT2D eigenvalue weighted by molar-refractivity contribution is 5.90. The summed E-state index contributed by atoms with van der Waals surface area (Å²) in [5, 5.41) is 0. The lowest BCUT2D eigenvalue weighted by molar-refractivity contribution is 0.614. The molecule has 0 saturated carbocycles. The molecule has 0 saturated heterocycles. The van der Waals surface area contributed by atoms with Crippen LogP contribution in [0, 0.1) is 6.92 Å². The van der Waals surface area contributed by atoms with Gasteiger partial charge >= 0.3 is 5.69 Å². The highest BCUT2D eigenvalue weighted by Gasteiger charge is 2.28. The van der Waals surface area contributed by atoms with Crippen LogP contribution in [0.5, 0.6) is 0 Å². The van der Waals surface area contributed by atoms with Crippen molar-refractivity contribution in [1.82, 2.24) is 14.1 Å². The van der Waals surface area contributed by atoms with E-state index in [1.54, 1.807) is 0 Å². The number of fused-ring (bicyclic) bond motifs is 1. The number of rotatable bonds is 4. The Balaban J connectivity index is 0.00000225. The highest BCUT2D eigenvalue weighted by Crippen LogP contribution is 2.41. The molecule has 0 aliphatic carbocycles. The molecule has 2 heterocycles. The summed E-state index contributed by atoms with van der Waals surface area (Å²) < 4.78 is 3.72. The Morgan fingerprint density at radius 1 is 0.786 bits per heavy atom. The summed E-state index contributed by atoms with van der Waals surface area (Å²) in [5.41, 5.74) is 6.85. The van der Waals surface area contributed by atoms with Crippen LogP contribution >= 0.6 is 12.4 Å². The molecule has 0 fully saturated rings. The fourth-order valence-corrected chi connectivity index (χ4v) is 3.86. The van der Waals surface area contributed by atoms with E-state index in [9.17, 15) is 4.79 Å². The second-order valence-corrected chi connectivity index (χ2v) is 6.62. The van der Waals surface area contributed by atoms with E-state index in [1.165, 1.54) is 0 Å². The molecule has 0 radical (unpaired) electrons. The van der Waals surface area contributed by atoms with Crippen LogP contribution < -0.4 is 5.69 Å². The van der Waals surface area contributed by atoms with E-state index in [2.05, 4.69) is 24.3 Å². The van der Waals surface area contributed by atoms with E-state index in [0.717, 1.165) is 39.5 Å². The summed E-state index contributed by atoms with van der Waals surface area (Å²) in [5.74, 6) is 0. The molecule has 0 bridgehead atoms. The minimum atomic E-state index is 0. The monoisotopic (exact) mass is 393 g/mol. The smallest absolute Gasteiger partial charge is 0.293 e. The van der Waals surface area contributed by atoms with Gasteiger partial charge in [0, 0.05) is 29.9 Å². The maximum atomic E-state index is 13.3. The second-order valence-electron chi connectivity index (χ2n) is 6.62. The molecule has 0 N–H and O–H groups in total. The molecule has 2 aliphatic rings. The number of halogens is 1. The standard InChI is InChI=1S/C23H23N3O.ClH/c1-4-25-21(18-14-10-7-11-15-18)19-16(3)24-20(17-12-8-6-9-13-17)22(19)26(5-2)23(25)27;/h6-15H,4-5H2,1-3H3;1H. The van der Waals surface area contributed by atoms with Gasteiger partial charge in [-0.25, -0.2) is 4.79 Å². The lowest BCUT2D eigenvalue weighted by atomic mass is 9.99. The van der Waals surface area contributed by atoms with E-state index >= 15 is 0 Å². The molecule has 0 aromatic heterocycles. The molecule has 0 amide bonds. The Morgan fingerprint density at radius 2 is 1.29 bits per heavy atom. The van der Waals surface area contributed by atoms with E-state index in [-0.39, 0.29) is 18.1 Å². The van der Waals surface area contributed by atoms with Crippen LogP contribution in [0.4, 0.5) is 0 Å². The van der Waals surface area contributed by atoms with Gasteiger partial charge in [-0.3, -0.25) is 14.1 Å². The zero-order valence-electron chi connectivity index (χ0n) is 16.3. The summed E-state index contributed by atoms with van der Waals surface area (Å²) in [7, 11) is 0. The summed E-state index contributed by atoms with van der Waals surface area (Å²) in [4.78, 5) is 18.2. The quantitative estimate of drug-likeness (QED) is 0.474. The molecule has 2 aromatic rings. The summed E-state index contributed by atoms with van der Waals surface area (Å²) >= 11 is 0. The predicted octanol–water partition coefficient (Wildman–Crippen LogP) is 5.25. The zero-order valence-corrected chi connectivity index (χ0v) is 17.2. The van der Waals surface area contributed by atoms with E-state index in [1.807, 2.05) is 66.3 Å². The Labute approximate surface area is 171 Å². The maximum absolute atomic E-state index is 13.3. The van der Waals surface area contributed by atoms with Gasteiger partial charge in [-0.05, 0) is 26.3 Å². The van der Waals surface area contributed by atoms with Crippen molar-refractivity contribution in [3.8, 4) is 33.8 Å². The first kappa shape index (κ1) is 19.9. The van der Waals surface area contributed by atoms with Crippen molar-refractivity contribution in [2.24, 2.45) is 0 Å². The lowest BCUT2D eigenvalue weighted by Crippen LogP contribution is -2.33. The number of nitrogens with zero attached hydrogens (tertiary/aromatic N) is 3. The van der Waals surface area contributed by atoms with Gasteiger partial charge in [0.15, 0.2) is 0 Å². The number of benzene rings is 2. The van der Waals surface area contributed by atoms with Gasteiger partial charge in [-0.1, -0.05) is 60.7 Å². The third kappa shape index (κ3) is 3.04. The predicted molar refractivity (Wildman–Crippen MR) is 117 cm³/mol. The molecule has 144 valence electrons. The fourth-order valence-electron chi connectivity index (χ4n) is 3.86. The van der Waals surface area contributed by atoms with Crippen LogP contribution in [-0.4, -0.2) is 14.1 Å². The normalized spacial score (nSPS) is 10.8. The number of aromatic nitrogens is 3. The van der Waals surface area contributed by atoms with Gasteiger partial charge in [0.25, 0.3) is 0 Å². The number of hydrogen-bond acceptors (Lipinski definition) is 2. The first-order chi connectivity index (χ1) is 13.2. The van der Waals surface area contributed by atoms with E-state index in [4.69, 9.17) is 4.98 Å². The van der Waals surface area contributed by atoms with Crippen molar-refractivity contribution >= 4 is 12.4 Å². The first-order valence-electron chi connectivity index (χ1n) is 9.41. The van der Waals surface area contributed by atoms with Crippen LogP contribution in [-0.2, 0) is 13.1 Å². The van der Waals surface area contributed by atoms with Crippen molar-refractivity contribution < 1.29 is 0 Å². The van der Waals surface area contributed by atoms with Crippen molar-refractivity contribution in [3.63, 3.8) is 0 Å². The fraction of sp³-hybridized carbons (Fsp3) is 0.217. The van der Waals surface area contributed by atoms with Gasteiger partial charge in [0.1, 0.15) is 0 Å². The average molecular weight is 394 g/mol. The summed E-state index contributed by atoms with van der Waals surface area (Å²) in [6.07, 6.45) is 0. The SMILES string of the molecule is CCn1c2c(-c3ccccc3)nc(C)c-2c(-c2ccccc2)n(CC)c1=O.Cl. The highest BCUT2D eigenvalue weighted by atomic mass is 35.5. The molecule has 4 rings (SSSR count). The van der Waals surface area contributed by atoms with Crippen LogP contribution in [0.3, 0.4) is 0 Å². The molecular formula is C23H24ClN3O. The van der Waals surface area contributed by atoms with Gasteiger partial charge < -0.3 is 0 Å². The van der Waals surface area contributed by atoms with Crippen molar-refractivity contribution in [1.29, 1.82) is 0 Å². The molecule has 0 spiro atoms. The number of hydrogen-bond donors (Lipinski definition) is 0. The van der Waals surface area contributed by atoms with Gasteiger partial charge in [-0.15, -0.1) is 12.4 Å². The molecule has 0 unspecified atom stereocenters. The van der Waals surface area contributed by atoms with Crippen LogP contribution in [0.1, 0.15) is 19.5 Å². The van der Waals surface area contributed by atoms with Gasteiger partial charge in [-0.2, -0.15) is 0 Å². The minimum absolute atomic E-state index is 0. The largest absolute Gasteiger partial charge is 0.329 e. The maximum Gasteiger partial charge on any atom is 0.329 e. The van der Waals surface area contributed by atoms with Crippen molar-refractivity contribution in [2.45, 2.75) is 33.9 Å². The Hall–Kier alpha value is -2.85. The van der Waals surface area contributed by atoms with Gasteiger partial charge in [0.2, 0.25) is 0 Å². The van der Waals surface area contributed by atoms with Crippen molar-refractivity contribution in [3.05, 3.63) is 76.8 Å². The molecule has 28 heavy (non-hydrogen) atoms. The first-order valence-corrected chi connectivity index (χ1v) is 9.41. The molecule has 2 aliphatic heterocycles. The van der Waals surface area contributed by atoms with Crippen LogP contribution in [0.2, 0.25) is 0 Å². The van der Waals surface area contributed by atoms with Gasteiger partial charge in [0.05, 0.1) is 17.1 Å². The Morgan fingerprint density at radius 3 is 1.82 bits per heavy atom. The molecule has 5 heteroatoms. The Bertz CT molecular complexity index is 1110. The van der Waals surface area contributed by atoms with Crippen LogP contribution in [0.15, 0.2) is 65.5 Å². The lowest BCUT2D eigenvalue weighted by Gasteiger charge is -2.21. The molecular weight excluding hydrogens is 370 g/mol. The zero-order chi connectivity index (χ0) is 19.0. The third-order valence-corrected chi connectivity index (χ3v) is 5.07. The third-order valence-electron chi connectivity index (χ3n) is 5.07. The Kier molecular flexibility index (Phi) is 5.71. The molecule has 2 aromatic carbocycles. The molecule has 0 atom stereocenters. The van der Waals surface area contributed by atoms with E-state index < -0.39 is 0 Å². The van der Waals surface area contributed by atoms with Crippen LogP contribution in [0.25, 0.3) is 33.8 Å². The van der Waals surface area contributed by atoms with Crippen molar-refractivity contribution in [2.75, 3.05) is 0 Å². The molecule has 4 nitrogen and oxygen atoms in total. The second kappa shape index (κ2) is 8.03. The average Bonchev–Trinajstić information content (AvgIpc) is 3.05.